The van der Waals surface area contributed by atoms with E-state index in [2.05, 4.69) is 28.6 Å². The molecule has 0 unspecified atom stereocenters. The number of carbonyl (C=O) groups excluding carboxylic acids is 1. The summed E-state index contributed by atoms with van der Waals surface area (Å²) in [5, 5.41) is 6.26. The van der Waals surface area contributed by atoms with Crippen molar-refractivity contribution in [1.29, 1.82) is 0 Å². The molecule has 0 atom stereocenters. The van der Waals surface area contributed by atoms with Crippen LogP contribution in [0.5, 0.6) is 0 Å². The van der Waals surface area contributed by atoms with Crippen molar-refractivity contribution in [3.05, 3.63) is 52.9 Å². The molecular formula is C21H23N5O. The molecule has 1 aliphatic heterocycles. The Morgan fingerprint density at radius 3 is 2.93 bits per heavy atom. The van der Waals surface area contributed by atoms with Crippen molar-refractivity contribution in [2.24, 2.45) is 0 Å². The number of amides is 1. The van der Waals surface area contributed by atoms with Crippen LogP contribution in [0.15, 0.2) is 35.9 Å². The third-order valence-electron chi connectivity index (χ3n) is 4.99. The predicted octanol–water partition coefficient (Wildman–Crippen LogP) is 3.60. The number of nitrogens with zero attached hydrogens (tertiary/aromatic N) is 2. The molecule has 1 aliphatic rings. The van der Waals surface area contributed by atoms with Gasteiger partial charge in [0.1, 0.15) is 11.3 Å². The lowest BCUT2D eigenvalue weighted by atomic mass is 10.1. The van der Waals surface area contributed by atoms with E-state index in [1.165, 1.54) is 5.57 Å². The lowest BCUT2D eigenvalue weighted by Gasteiger charge is -2.11. The van der Waals surface area contributed by atoms with Crippen LogP contribution in [0.4, 0.5) is 5.82 Å². The third-order valence-corrected chi connectivity index (χ3v) is 4.99. The monoisotopic (exact) mass is 361 g/mol. The van der Waals surface area contributed by atoms with E-state index in [4.69, 9.17) is 9.97 Å². The van der Waals surface area contributed by atoms with Crippen molar-refractivity contribution in [1.82, 2.24) is 20.3 Å². The highest BCUT2D eigenvalue weighted by Crippen LogP contribution is 2.30. The van der Waals surface area contributed by atoms with E-state index < -0.39 is 0 Å². The molecule has 1 aromatic carbocycles. The number of H-pyrrole nitrogens is 1. The molecule has 0 spiro atoms. The lowest BCUT2D eigenvalue weighted by Crippen LogP contribution is -2.31. The van der Waals surface area contributed by atoms with Gasteiger partial charge in [-0.25, -0.2) is 9.97 Å². The van der Waals surface area contributed by atoms with E-state index in [1.807, 2.05) is 38.1 Å². The van der Waals surface area contributed by atoms with Crippen molar-refractivity contribution >= 4 is 22.8 Å². The van der Waals surface area contributed by atoms with Gasteiger partial charge in [-0.05, 0) is 32.9 Å². The summed E-state index contributed by atoms with van der Waals surface area (Å²) in [7, 11) is 0. The minimum atomic E-state index is -0.0231. The maximum Gasteiger partial charge on any atom is 0.253 e. The SMILES string of the molecule is C/C=C(\C)CNc1nc2c(-c3cc4c([nH]3)CCNC4=O)cccc2nc1C. The van der Waals surface area contributed by atoms with Gasteiger partial charge in [-0.15, -0.1) is 0 Å². The maximum atomic E-state index is 12.1. The van der Waals surface area contributed by atoms with E-state index in [0.717, 1.165) is 58.0 Å². The zero-order valence-electron chi connectivity index (χ0n) is 15.8. The molecule has 0 radical (unpaired) electrons. The minimum Gasteiger partial charge on any atom is -0.365 e. The minimum absolute atomic E-state index is 0.0231. The van der Waals surface area contributed by atoms with Crippen LogP contribution in [-0.2, 0) is 6.42 Å². The van der Waals surface area contributed by atoms with Crippen molar-refractivity contribution in [2.45, 2.75) is 27.2 Å². The number of hydrogen-bond donors (Lipinski definition) is 3. The van der Waals surface area contributed by atoms with Crippen LogP contribution in [0.2, 0.25) is 0 Å². The Balaban J connectivity index is 1.80. The standard InChI is InChI=1S/C21H23N5O/c1-4-12(2)11-23-20-13(3)24-17-7-5-6-14(19(17)26-20)18-10-15-16(25-18)8-9-22-21(15)27/h4-7,10,25H,8-9,11H2,1-3H3,(H,22,27)(H,23,26)/b12-4+. The molecule has 0 fully saturated rings. The topological polar surface area (TPSA) is 82.7 Å². The molecule has 0 saturated heterocycles. The van der Waals surface area contributed by atoms with Gasteiger partial charge < -0.3 is 15.6 Å². The second-order valence-electron chi connectivity index (χ2n) is 6.90. The van der Waals surface area contributed by atoms with Crippen LogP contribution in [0, 0.1) is 6.92 Å². The summed E-state index contributed by atoms with van der Waals surface area (Å²) >= 11 is 0. The Morgan fingerprint density at radius 2 is 2.15 bits per heavy atom. The number of aryl methyl sites for hydroxylation is 1. The number of nitrogens with one attached hydrogen (secondary N) is 3. The number of hydrogen-bond acceptors (Lipinski definition) is 4. The second-order valence-corrected chi connectivity index (χ2v) is 6.90. The van der Waals surface area contributed by atoms with Crippen LogP contribution in [-0.4, -0.2) is 33.9 Å². The Bertz CT molecular complexity index is 1060. The Kier molecular flexibility index (Phi) is 4.39. The average molecular weight is 361 g/mol. The summed E-state index contributed by atoms with van der Waals surface area (Å²) in [6.45, 7) is 7.47. The second kappa shape index (κ2) is 6.87. The van der Waals surface area contributed by atoms with Crippen LogP contribution >= 0.6 is 0 Å². The number of para-hydroxylation sites is 1. The fourth-order valence-corrected chi connectivity index (χ4v) is 3.31. The van der Waals surface area contributed by atoms with Crippen LogP contribution in [0.3, 0.4) is 0 Å². The molecule has 6 nitrogen and oxygen atoms in total. The summed E-state index contributed by atoms with van der Waals surface area (Å²) < 4.78 is 0. The van der Waals surface area contributed by atoms with Crippen LogP contribution in [0.25, 0.3) is 22.3 Å². The fraction of sp³-hybridized carbons (Fsp3) is 0.286. The molecule has 3 N–H and O–H groups in total. The molecule has 0 saturated carbocycles. The first-order valence-electron chi connectivity index (χ1n) is 9.20. The molecule has 2 aromatic heterocycles. The van der Waals surface area contributed by atoms with Crippen molar-refractivity contribution in [3.63, 3.8) is 0 Å². The largest absolute Gasteiger partial charge is 0.365 e. The van der Waals surface area contributed by atoms with Gasteiger partial charge in [-0.1, -0.05) is 23.8 Å². The van der Waals surface area contributed by atoms with E-state index in [-0.39, 0.29) is 5.91 Å². The highest BCUT2D eigenvalue weighted by atomic mass is 16.1. The normalized spacial score (nSPS) is 14.2. The number of rotatable bonds is 4. The summed E-state index contributed by atoms with van der Waals surface area (Å²) in [5.41, 5.74) is 7.33. The van der Waals surface area contributed by atoms with Crippen molar-refractivity contribution < 1.29 is 4.79 Å². The number of anilines is 1. The third kappa shape index (κ3) is 3.18. The van der Waals surface area contributed by atoms with E-state index >= 15 is 0 Å². The van der Waals surface area contributed by atoms with Gasteiger partial charge in [-0.3, -0.25) is 4.79 Å². The molecule has 1 amide bonds. The number of fused-ring (bicyclic) bond motifs is 2. The van der Waals surface area contributed by atoms with Gasteiger partial charge in [0.05, 0.1) is 16.8 Å². The molecular weight excluding hydrogens is 338 g/mol. The highest BCUT2D eigenvalue weighted by Gasteiger charge is 2.21. The first-order valence-corrected chi connectivity index (χ1v) is 9.20. The van der Waals surface area contributed by atoms with Gasteiger partial charge in [0.25, 0.3) is 5.91 Å². The zero-order valence-corrected chi connectivity index (χ0v) is 15.8. The van der Waals surface area contributed by atoms with Gasteiger partial charge in [0.2, 0.25) is 0 Å². The van der Waals surface area contributed by atoms with Crippen molar-refractivity contribution in [3.8, 4) is 11.3 Å². The summed E-state index contributed by atoms with van der Waals surface area (Å²) in [4.78, 5) is 25.1. The Hall–Kier alpha value is -3.15. The molecule has 3 aromatic rings. The van der Waals surface area contributed by atoms with Crippen LogP contribution < -0.4 is 10.6 Å². The van der Waals surface area contributed by atoms with Gasteiger partial charge >= 0.3 is 0 Å². The number of aromatic amines is 1. The molecule has 0 bridgehead atoms. The van der Waals surface area contributed by atoms with E-state index in [0.29, 0.717) is 6.54 Å². The van der Waals surface area contributed by atoms with Crippen molar-refractivity contribution in [2.75, 3.05) is 18.4 Å². The molecule has 4 rings (SSSR count). The predicted molar refractivity (Wildman–Crippen MR) is 108 cm³/mol. The summed E-state index contributed by atoms with van der Waals surface area (Å²) in [5.74, 6) is 0.760. The molecule has 0 aliphatic carbocycles. The summed E-state index contributed by atoms with van der Waals surface area (Å²) in [6.07, 6.45) is 2.89. The Morgan fingerprint density at radius 1 is 1.30 bits per heavy atom. The highest BCUT2D eigenvalue weighted by molar-refractivity contribution is 5.99. The number of benzene rings is 1. The fourth-order valence-electron chi connectivity index (χ4n) is 3.31. The molecule has 138 valence electrons. The smallest absolute Gasteiger partial charge is 0.253 e. The van der Waals surface area contributed by atoms with E-state index in [9.17, 15) is 4.79 Å². The van der Waals surface area contributed by atoms with Crippen LogP contribution in [0.1, 0.15) is 35.6 Å². The number of allylic oxidation sites excluding steroid dienone is 1. The van der Waals surface area contributed by atoms with Gasteiger partial charge in [0, 0.05) is 36.5 Å². The van der Waals surface area contributed by atoms with Gasteiger partial charge in [-0.2, -0.15) is 0 Å². The quantitative estimate of drug-likeness (QED) is 0.620. The van der Waals surface area contributed by atoms with Gasteiger partial charge in [0.15, 0.2) is 0 Å². The molecule has 27 heavy (non-hydrogen) atoms. The average Bonchev–Trinajstić information content (AvgIpc) is 3.11. The number of aromatic nitrogens is 3. The van der Waals surface area contributed by atoms with E-state index in [1.54, 1.807) is 0 Å². The lowest BCUT2D eigenvalue weighted by molar-refractivity contribution is 0.0946. The zero-order chi connectivity index (χ0) is 19.0. The maximum absolute atomic E-state index is 12.1. The first-order chi connectivity index (χ1) is 13.1. The first kappa shape index (κ1) is 17.3. The molecule has 3 heterocycles. The summed E-state index contributed by atoms with van der Waals surface area (Å²) in [6, 6.07) is 7.87. The molecule has 6 heteroatoms. The Labute approximate surface area is 158 Å². The number of carbonyl (C=O) groups is 1.